The number of carbonyl (C=O) groups is 1. The largest absolute Gasteiger partial charge is 0.416 e. The van der Waals surface area contributed by atoms with Gasteiger partial charge in [-0.15, -0.1) is 0 Å². The van der Waals surface area contributed by atoms with E-state index in [1.54, 1.807) is 0 Å². The molecular formula is C18H26F3N3O3. The lowest BCUT2D eigenvalue weighted by atomic mass is 10.2. The van der Waals surface area contributed by atoms with Gasteiger partial charge in [0.25, 0.3) is 0 Å². The van der Waals surface area contributed by atoms with Crippen molar-refractivity contribution in [3.8, 4) is 0 Å². The molecule has 1 aliphatic heterocycles. The number of carbonyl (C=O) groups excluding carboxylic acids is 1. The second-order valence-electron chi connectivity index (χ2n) is 6.40. The quantitative estimate of drug-likeness (QED) is 0.673. The summed E-state index contributed by atoms with van der Waals surface area (Å²) in [7, 11) is 0. The number of aliphatic hydroxyl groups is 1. The lowest BCUT2D eigenvalue weighted by molar-refractivity contribution is -0.137. The van der Waals surface area contributed by atoms with Gasteiger partial charge >= 0.3 is 6.18 Å². The first-order chi connectivity index (χ1) is 12.9. The van der Waals surface area contributed by atoms with Crippen LogP contribution in [0.4, 0.5) is 18.9 Å². The molecule has 152 valence electrons. The van der Waals surface area contributed by atoms with Gasteiger partial charge in [-0.25, -0.2) is 0 Å². The smallest absolute Gasteiger partial charge is 0.395 e. The molecule has 9 heteroatoms. The summed E-state index contributed by atoms with van der Waals surface area (Å²) < 4.78 is 43.5. The van der Waals surface area contributed by atoms with Crippen LogP contribution >= 0.6 is 0 Å². The monoisotopic (exact) mass is 389 g/mol. The topological polar surface area (TPSA) is 65.0 Å². The minimum absolute atomic E-state index is 0.0155. The number of aliphatic hydroxyl groups excluding tert-OH is 1. The predicted octanol–water partition coefficient (Wildman–Crippen LogP) is 1.66. The van der Waals surface area contributed by atoms with E-state index in [4.69, 9.17) is 4.74 Å². The minimum Gasteiger partial charge on any atom is -0.395 e. The van der Waals surface area contributed by atoms with E-state index in [0.717, 1.165) is 31.8 Å². The average Bonchev–Trinajstić information content (AvgIpc) is 2.64. The van der Waals surface area contributed by atoms with Crippen molar-refractivity contribution in [1.82, 2.24) is 9.80 Å². The summed E-state index contributed by atoms with van der Waals surface area (Å²) >= 11 is 0. The standard InChI is InChI=1S/C18H26F3N3O3/c19-18(20,21)15-2-1-3-16(14-15)22-17(26)4-5-23(8-11-25)6-7-24-9-12-27-13-10-24/h1-3,14,25H,4-13H2,(H,22,26). The summed E-state index contributed by atoms with van der Waals surface area (Å²) in [5, 5.41) is 11.7. The molecule has 0 radical (unpaired) electrons. The first-order valence-electron chi connectivity index (χ1n) is 8.99. The van der Waals surface area contributed by atoms with E-state index in [9.17, 15) is 23.1 Å². The molecule has 0 aromatic heterocycles. The zero-order chi connectivity index (χ0) is 19.7. The molecule has 1 amide bonds. The highest BCUT2D eigenvalue weighted by molar-refractivity contribution is 5.90. The molecule has 2 rings (SSSR count). The van der Waals surface area contributed by atoms with E-state index >= 15 is 0 Å². The lowest BCUT2D eigenvalue weighted by Gasteiger charge is -2.29. The van der Waals surface area contributed by atoms with Gasteiger partial charge in [0.2, 0.25) is 5.91 Å². The fourth-order valence-electron chi connectivity index (χ4n) is 2.84. The van der Waals surface area contributed by atoms with Gasteiger partial charge in [-0.05, 0) is 18.2 Å². The molecule has 0 saturated carbocycles. The normalized spacial score (nSPS) is 15.9. The molecule has 0 spiro atoms. The zero-order valence-electron chi connectivity index (χ0n) is 15.2. The Morgan fingerprint density at radius 2 is 1.96 bits per heavy atom. The van der Waals surface area contributed by atoms with E-state index in [-0.39, 0.29) is 24.6 Å². The summed E-state index contributed by atoms with van der Waals surface area (Å²) in [6.45, 7) is 5.52. The van der Waals surface area contributed by atoms with Gasteiger partial charge in [-0.1, -0.05) is 6.07 Å². The van der Waals surface area contributed by atoms with Crippen LogP contribution < -0.4 is 5.32 Å². The predicted molar refractivity (Wildman–Crippen MR) is 95.5 cm³/mol. The fraction of sp³-hybridized carbons (Fsp3) is 0.611. The lowest BCUT2D eigenvalue weighted by Crippen LogP contribution is -2.42. The number of benzene rings is 1. The van der Waals surface area contributed by atoms with E-state index in [2.05, 4.69) is 10.2 Å². The van der Waals surface area contributed by atoms with Crippen molar-refractivity contribution in [3.05, 3.63) is 29.8 Å². The van der Waals surface area contributed by atoms with Gasteiger partial charge in [0, 0.05) is 51.4 Å². The Balaban J connectivity index is 1.79. The first kappa shape index (κ1) is 21.6. The molecule has 0 bridgehead atoms. The summed E-state index contributed by atoms with van der Waals surface area (Å²) in [6.07, 6.45) is -4.31. The van der Waals surface area contributed by atoms with Crippen molar-refractivity contribution < 1.29 is 27.8 Å². The second-order valence-corrected chi connectivity index (χ2v) is 6.40. The van der Waals surface area contributed by atoms with Crippen molar-refractivity contribution >= 4 is 11.6 Å². The Bertz CT molecular complexity index is 593. The molecule has 27 heavy (non-hydrogen) atoms. The molecule has 1 heterocycles. The van der Waals surface area contributed by atoms with Gasteiger partial charge in [0.15, 0.2) is 0 Å². The molecular weight excluding hydrogens is 363 g/mol. The second kappa shape index (κ2) is 10.6. The van der Waals surface area contributed by atoms with Crippen LogP contribution in [-0.2, 0) is 15.7 Å². The van der Waals surface area contributed by atoms with Crippen LogP contribution in [0.2, 0.25) is 0 Å². The molecule has 1 saturated heterocycles. The summed E-state index contributed by atoms with van der Waals surface area (Å²) in [5.41, 5.74) is -0.676. The molecule has 1 aromatic carbocycles. The maximum absolute atomic E-state index is 12.7. The third-order valence-electron chi connectivity index (χ3n) is 4.38. The highest BCUT2D eigenvalue weighted by atomic mass is 19.4. The Hall–Kier alpha value is -1.68. The van der Waals surface area contributed by atoms with Crippen molar-refractivity contribution in [3.63, 3.8) is 0 Å². The van der Waals surface area contributed by atoms with Crippen LogP contribution in [0.3, 0.4) is 0 Å². The van der Waals surface area contributed by atoms with E-state index in [1.807, 2.05) is 4.90 Å². The third kappa shape index (κ3) is 7.84. The fourth-order valence-corrected chi connectivity index (χ4v) is 2.84. The van der Waals surface area contributed by atoms with E-state index in [1.165, 1.54) is 12.1 Å². The van der Waals surface area contributed by atoms with Gasteiger partial charge in [0.05, 0.1) is 25.4 Å². The number of rotatable bonds is 9. The number of hydrogen-bond donors (Lipinski definition) is 2. The van der Waals surface area contributed by atoms with Gasteiger partial charge < -0.3 is 15.2 Å². The summed E-state index contributed by atoms with van der Waals surface area (Å²) in [5.74, 6) is -0.358. The van der Waals surface area contributed by atoms with Crippen molar-refractivity contribution in [2.24, 2.45) is 0 Å². The number of ether oxygens (including phenoxy) is 1. The molecule has 1 fully saturated rings. The number of hydrogen-bond acceptors (Lipinski definition) is 5. The molecule has 0 unspecified atom stereocenters. The van der Waals surface area contributed by atoms with Gasteiger partial charge in [0.1, 0.15) is 0 Å². The van der Waals surface area contributed by atoms with Crippen molar-refractivity contribution in [1.29, 1.82) is 0 Å². The Morgan fingerprint density at radius 1 is 1.22 bits per heavy atom. The maximum atomic E-state index is 12.7. The molecule has 0 atom stereocenters. The van der Waals surface area contributed by atoms with Crippen molar-refractivity contribution in [2.75, 3.05) is 64.4 Å². The van der Waals surface area contributed by atoms with E-state index in [0.29, 0.717) is 32.8 Å². The van der Waals surface area contributed by atoms with Crippen LogP contribution in [0.15, 0.2) is 24.3 Å². The minimum atomic E-state index is -4.45. The Kier molecular flexibility index (Phi) is 8.49. The highest BCUT2D eigenvalue weighted by Crippen LogP contribution is 2.30. The van der Waals surface area contributed by atoms with Gasteiger partial charge in [-0.3, -0.25) is 14.6 Å². The van der Waals surface area contributed by atoms with Gasteiger partial charge in [-0.2, -0.15) is 13.2 Å². The highest BCUT2D eigenvalue weighted by Gasteiger charge is 2.30. The summed E-state index contributed by atoms with van der Waals surface area (Å²) in [4.78, 5) is 16.3. The SMILES string of the molecule is O=C(CCN(CCO)CCN1CCOCC1)Nc1cccc(C(F)(F)F)c1. The number of morpholine rings is 1. The Morgan fingerprint density at radius 3 is 2.63 bits per heavy atom. The Labute approximate surface area is 156 Å². The van der Waals surface area contributed by atoms with Crippen molar-refractivity contribution in [2.45, 2.75) is 12.6 Å². The van der Waals surface area contributed by atoms with Crippen LogP contribution in [-0.4, -0.2) is 79.9 Å². The van der Waals surface area contributed by atoms with Crippen LogP contribution in [0.5, 0.6) is 0 Å². The number of halogens is 3. The number of anilines is 1. The third-order valence-corrected chi connectivity index (χ3v) is 4.38. The van der Waals surface area contributed by atoms with E-state index < -0.39 is 11.7 Å². The molecule has 6 nitrogen and oxygen atoms in total. The van der Waals surface area contributed by atoms with Crippen LogP contribution in [0, 0.1) is 0 Å². The number of nitrogens with one attached hydrogen (secondary N) is 1. The zero-order valence-corrected chi connectivity index (χ0v) is 15.2. The maximum Gasteiger partial charge on any atom is 0.416 e. The number of nitrogens with zero attached hydrogens (tertiary/aromatic N) is 2. The van der Waals surface area contributed by atoms with Crippen LogP contribution in [0.1, 0.15) is 12.0 Å². The molecule has 1 aliphatic rings. The molecule has 0 aliphatic carbocycles. The molecule has 1 aromatic rings. The molecule has 2 N–H and O–H groups in total. The van der Waals surface area contributed by atoms with Crippen LogP contribution in [0.25, 0.3) is 0 Å². The number of alkyl halides is 3. The average molecular weight is 389 g/mol. The summed E-state index contributed by atoms with van der Waals surface area (Å²) in [6, 6.07) is 4.57. The number of amides is 1. The first-order valence-corrected chi connectivity index (χ1v) is 8.99.